The lowest BCUT2D eigenvalue weighted by Gasteiger charge is -2.33. The second kappa shape index (κ2) is 12.4. The number of Topliss-reactive ketones (excluding diaryl/α,β-unsaturated/α-hetero) is 1. The van der Waals surface area contributed by atoms with Crippen LogP contribution in [0.2, 0.25) is 0 Å². The zero-order valence-corrected chi connectivity index (χ0v) is 22.8. The Hall–Kier alpha value is -3.76. The highest BCUT2D eigenvalue weighted by Gasteiger charge is 2.27. The largest absolute Gasteiger partial charge is 0.497 e. The molecule has 1 aliphatic heterocycles. The number of carbonyl (C=O) groups is 2. The van der Waals surface area contributed by atoms with Gasteiger partial charge in [-0.3, -0.25) is 14.3 Å². The number of ketones is 1. The minimum absolute atomic E-state index is 0.0386. The molecule has 3 aromatic rings. The van der Waals surface area contributed by atoms with Gasteiger partial charge in [-0.15, -0.1) is 0 Å². The highest BCUT2D eigenvalue weighted by molar-refractivity contribution is 7.92. The number of amides is 1. The summed E-state index contributed by atoms with van der Waals surface area (Å²) >= 11 is 0. The molecule has 0 aliphatic carbocycles. The molecule has 0 spiro atoms. The summed E-state index contributed by atoms with van der Waals surface area (Å²) in [5, 5.41) is 0. The third-order valence-electron chi connectivity index (χ3n) is 6.77. The molecule has 1 amide bonds. The standard InChI is InChI=1S/C29H32FN3O5S/c1-38-27-5-3-4-26(20-27)33(29(35)23-8-12-25(13-9-23)31-39(2,36)37)19-18-32-16-14-22(15-17-32)28(34)21-6-10-24(30)11-7-21/h3-13,20,22,31H,14-19H2,1-2H3. The molecule has 1 aliphatic rings. The highest BCUT2D eigenvalue weighted by Crippen LogP contribution is 2.25. The maximum absolute atomic E-state index is 13.6. The Morgan fingerprint density at radius 1 is 1.00 bits per heavy atom. The lowest BCUT2D eigenvalue weighted by Crippen LogP contribution is -2.42. The van der Waals surface area contributed by atoms with Crippen molar-refractivity contribution in [3.63, 3.8) is 0 Å². The Morgan fingerprint density at radius 2 is 1.64 bits per heavy atom. The Balaban J connectivity index is 1.43. The molecule has 39 heavy (non-hydrogen) atoms. The fraction of sp³-hybridized carbons (Fsp3) is 0.310. The zero-order valence-electron chi connectivity index (χ0n) is 22.0. The first-order chi connectivity index (χ1) is 18.6. The van der Waals surface area contributed by atoms with Crippen molar-refractivity contribution < 1.29 is 27.1 Å². The van der Waals surface area contributed by atoms with Crippen LogP contribution >= 0.6 is 0 Å². The maximum Gasteiger partial charge on any atom is 0.258 e. The third kappa shape index (κ3) is 7.64. The van der Waals surface area contributed by atoms with Gasteiger partial charge in [0.1, 0.15) is 11.6 Å². The summed E-state index contributed by atoms with van der Waals surface area (Å²) < 4.78 is 44.0. The number of carbonyl (C=O) groups excluding carboxylic acids is 2. The molecule has 0 unspecified atom stereocenters. The molecule has 206 valence electrons. The van der Waals surface area contributed by atoms with Gasteiger partial charge < -0.3 is 14.5 Å². The van der Waals surface area contributed by atoms with Gasteiger partial charge in [-0.1, -0.05) is 6.07 Å². The molecule has 1 fully saturated rings. The number of likely N-dealkylation sites (tertiary alicyclic amines) is 1. The number of halogens is 1. The molecule has 0 bridgehead atoms. The number of ether oxygens (including phenoxy) is 1. The van der Waals surface area contributed by atoms with Gasteiger partial charge in [0.05, 0.1) is 13.4 Å². The van der Waals surface area contributed by atoms with Gasteiger partial charge in [0.15, 0.2) is 5.78 Å². The number of methoxy groups -OCH3 is 1. The van der Waals surface area contributed by atoms with Crippen LogP contribution in [0.1, 0.15) is 33.6 Å². The quantitative estimate of drug-likeness (QED) is 0.373. The molecule has 1 saturated heterocycles. The Labute approximate surface area is 228 Å². The monoisotopic (exact) mass is 553 g/mol. The average Bonchev–Trinajstić information content (AvgIpc) is 2.93. The first kappa shape index (κ1) is 28.3. The minimum Gasteiger partial charge on any atom is -0.497 e. The summed E-state index contributed by atoms with van der Waals surface area (Å²) in [6.07, 6.45) is 2.45. The normalized spacial score (nSPS) is 14.5. The van der Waals surface area contributed by atoms with E-state index in [2.05, 4.69) is 9.62 Å². The van der Waals surface area contributed by atoms with E-state index >= 15 is 0 Å². The summed E-state index contributed by atoms with van der Waals surface area (Å²) in [6, 6.07) is 19.2. The third-order valence-corrected chi connectivity index (χ3v) is 7.38. The summed E-state index contributed by atoms with van der Waals surface area (Å²) in [5.74, 6) is -0.0368. The Bertz CT molecular complexity index is 1400. The Morgan fingerprint density at radius 3 is 2.26 bits per heavy atom. The lowest BCUT2D eigenvalue weighted by molar-refractivity contribution is 0.0841. The van der Waals surface area contributed by atoms with E-state index in [9.17, 15) is 22.4 Å². The van der Waals surface area contributed by atoms with Gasteiger partial charge >= 0.3 is 0 Å². The summed E-state index contributed by atoms with van der Waals surface area (Å²) in [7, 11) is -1.86. The molecule has 0 radical (unpaired) electrons. The second-order valence-corrected chi connectivity index (χ2v) is 11.3. The van der Waals surface area contributed by atoms with Crippen molar-refractivity contribution >= 4 is 33.1 Å². The number of sulfonamides is 1. The molecule has 0 atom stereocenters. The van der Waals surface area contributed by atoms with Crippen molar-refractivity contribution in [1.82, 2.24) is 4.90 Å². The number of benzene rings is 3. The van der Waals surface area contributed by atoms with E-state index in [-0.39, 0.29) is 23.4 Å². The van der Waals surface area contributed by atoms with Crippen LogP contribution in [-0.2, 0) is 10.0 Å². The van der Waals surface area contributed by atoms with Crippen LogP contribution in [-0.4, -0.2) is 64.6 Å². The van der Waals surface area contributed by atoms with E-state index in [1.54, 1.807) is 48.4 Å². The van der Waals surface area contributed by atoms with Gasteiger partial charge in [0.2, 0.25) is 10.0 Å². The average molecular weight is 554 g/mol. The van der Waals surface area contributed by atoms with E-state index in [0.717, 1.165) is 6.26 Å². The molecule has 10 heteroatoms. The van der Waals surface area contributed by atoms with E-state index in [4.69, 9.17) is 4.74 Å². The van der Waals surface area contributed by atoms with Crippen molar-refractivity contribution in [2.24, 2.45) is 5.92 Å². The summed E-state index contributed by atoms with van der Waals surface area (Å²) in [4.78, 5) is 30.3. The van der Waals surface area contributed by atoms with Crippen LogP contribution in [0.15, 0.2) is 72.8 Å². The van der Waals surface area contributed by atoms with Gasteiger partial charge in [0.25, 0.3) is 5.91 Å². The molecule has 3 aromatic carbocycles. The van der Waals surface area contributed by atoms with Crippen molar-refractivity contribution in [2.75, 3.05) is 49.2 Å². The predicted molar refractivity (Wildman–Crippen MR) is 149 cm³/mol. The number of hydrogen-bond donors (Lipinski definition) is 1. The fourth-order valence-corrected chi connectivity index (χ4v) is 5.25. The maximum atomic E-state index is 13.6. The van der Waals surface area contributed by atoms with Crippen molar-refractivity contribution in [3.05, 3.63) is 89.7 Å². The van der Waals surface area contributed by atoms with E-state index < -0.39 is 10.0 Å². The zero-order chi connectivity index (χ0) is 28.0. The van der Waals surface area contributed by atoms with E-state index in [1.165, 1.54) is 24.3 Å². The second-order valence-electron chi connectivity index (χ2n) is 9.60. The van der Waals surface area contributed by atoms with Gasteiger partial charge in [-0.2, -0.15) is 0 Å². The summed E-state index contributed by atoms with van der Waals surface area (Å²) in [6.45, 7) is 2.44. The first-order valence-corrected chi connectivity index (χ1v) is 14.6. The van der Waals surface area contributed by atoms with Crippen LogP contribution < -0.4 is 14.4 Å². The van der Waals surface area contributed by atoms with Crippen LogP contribution in [0, 0.1) is 11.7 Å². The number of rotatable bonds is 10. The molecule has 1 heterocycles. The van der Waals surface area contributed by atoms with E-state index in [1.807, 2.05) is 12.1 Å². The lowest BCUT2D eigenvalue weighted by atomic mass is 9.89. The van der Waals surface area contributed by atoms with Gasteiger partial charge in [-0.25, -0.2) is 12.8 Å². The first-order valence-electron chi connectivity index (χ1n) is 12.7. The molecule has 0 saturated carbocycles. The van der Waals surface area contributed by atoms with Crippen molar-refractivity contribution in [1.29, 1.82) is 0 Å². The molecule has 8 nitrogen and oxygen atoms in total. The van der Waals surface area contributed by atoms with Crippen LogP contribution in [0.25, 0.3) is 0 Å². The topological polar surface area (TPSA) is 96.0 Å². The number of anilines is 2. The van der Waals surface area contributed by atoms with Crippen LogP contribution in [0.3, 0.4) is 0 Å². The van der Waals surface area contributed by atoms with Crippen molar-refractivity contribution in [3.8, 4) is 5.75 Å². The minimum atomic E-state index is -3.43. The van der Waals surface area contributed by atoms with Crippen molar-refractivity contribution in [2.45, 2.75) is 12.8 Å². The van der Waals surface area contributed by atoms with Crippen LogP contribution in [0.4, 0.5) is 15.8 Å². The Kier molecular flexibility index (Phi) is 8.98. The van der Waals surface area contributed by atoms with Crippen LogP contribution in [0.5, 0.6) is 5.75 Å². The number of hydrogen-bond acceptors (Lipinski definition) is 6. The molecule has 0 aromatic heterocycles. The number of nitrogens with zero attached hydrogens (tertiary/aromatic N) is 2. The number of piperidine rings is 1. The smallest absolute Gasteiger partial charge is 0.258 e. The summed E-state index contributed by atoms with van der Waals surface area (Å²) in [5.41, 5.74) is 2.00. The molecule has 1 N–H and O–H groups in total. The molecular formula is C29H32FN3O5S. The molecule has 4 rings (SSSR count). The fourth-order valence-electron chi connectivity index (χ4n) is 4.69. The highest BCUT2D eigenvalue weighted by atomic mass is 32.2. The van der Waals surface area contributed by atoms with E-state index in [0.29, 0.717) is 67.3 Å². The molecular weight excluding hydrogens is 521 g/mol. The predicted octanol–water partition coefficient (Wildman–Crippen LogP) is 4.45. The number of nitrogens with one attached hydrogen (secondary N) is 1. The van der Waals surface area contributed by atoms with Gasteiger partial charge in [0, 0.05) is 47.6 Å². The van der Waals surface area contributed by atoms with Gasteiger partial charge in [-0.05, 0) is 86.6 Å². The SMILES string of the molecule is COc1cccc(N(CCN2CCC(C(=O)c3ccc(F)cc3)CC2)C(=O)c2ccc(NS(C)(=O)=O)cc2)c1.